The monoisotopic (exact) mass is 367 g/mol. The molecule has 0 spiro atoms. The van der Waals surface area contributed by atoms with Crippen molar-refractivity contribution in [3.05, 3.63) is 29.8 Å². The first-order valence-corrected chi connectivity index (χ1v) is 8.28. The predicted octanol–water partition coefficient (Wildman–Crippen LogP) is 0.0508. The van der Waals surface area contributed by atoms with E-state index in [2.05, 4.69) is 5.32 Å². The fourth-order valence-corrected chi connectivity index (χ4v) is 2.77. The lowest BCUT2D eigenvalue weighted by Crippen LogP contribution is -2.65. The van der Waals surface area contributed by atoms with E-state index in [9.17, 15) is 20.1 Å². The Balaban J connectivity index is 2.29. The largest absolute Gasteiger partial charge is 0.493 e. The zero-order valence-electron chi connectivity index (χ0n) is 15.0. The maximum Gasteiger partial charge on any atom is 0.223 e. The number of methoxy groups -OCH3 is 1. The van der Waals surface area contributed by atoms with Gasteiger partial charge in [0.25, 0.3) is 0 Å². The molecule has 1 saturated heterocycles. The summed E-state index contributed by atoms with van der Waals surface area (Å²) in [5.41, 5.74) is 0.906. The smallest absolute Gasteiger partial charge is 0.223 e. The summed E-state index contributed by atoms with van der Waals surface area (Å²) in [4.78, 5) is 11.5. The van der Waals surface area contributed by atoms with E-state index in [1.165, 1.54) is 14.0 Å². The number of hydrogen-bond donors (Lipinski definition) is 4. The summed E-state index contributed by atoms with van der Waals surface area (Å²) < 4.78 is 16.7. The van der Waals surface area contributed by atoms with Crippen molar-refractivity contribution in [3.8, 4) is 11.5 Å². The molecule has 1 aliphatic heterocycles. The topological polar surface area (TPSA) is 117 Å². The SMILES string of the molecule is C/C=C/c1ccc(O[C@@H]2O[C@H](CO)[C@H](O)[C@@H](O)[C@H]2NC(C)=O)c(OC)c1. The second-order valence-electron chi connectivity index (χ2n) is 5.96. The van der Waals surface area contributed by atoms with Gasteiger partial charge in [-0.1, -0.05) is 18.2 Å². The number of allylic oxidation sites excluding steroid dienone is 1. The molecular formula is C18H25NO7. The average Bonchev–Trinajstić information content (AvgIpc) is 2.62. The summed E-state index contributed by atoms with van der Waals surface area (Å²) in [6.07, 6.45) is -1.13. The van der Waals surface area contributed by atoms with Gasteiger partial charge in [-0.25, -0.2) is 0 Å². The predicted molar refractivity (Wildman–Crippen MR) is 93.7 cm³/mol. The molecule has 5 atom stereocenters. The van der Waals surface area contributed by atoms with Crippen LogP contribution in [0, 0.1) is 0 Å². The third-order valence-corrected chi connectivity index (χ3v) is 4.04. The number of carbonyl (C=O) groups is 1. The summed E-state index contributed by atoms with van der Waals surface area (Å²) in [6.45, 7) is 2.66. The Bertz CT molecular complexity index is 648. The Morgan fingerprint density at radius 2 is 2.04 bits per heavy atom. The molecule has 0 radical (unpaired) electrons. The van der Waals surface area contributed by atoms with Crippen LogP contribution in [0.2, 0.25) is 0 Å². The van der Waals surface area contributed by atoms with Crippen molar-refractivity contribution >= 4 is 12.0 Å². The molecule has 1 aliphatic rings. The van der Waals surface area contributed by atoms with Crippen LogP contribution in [0.4, 0.5) is 0 Å². The van der Waals surface area contributed by atoms with E-state index < -0.39 is 43.2 Å². The van der Waals surface area contributed by atoms with Gasteiger partial charge in [-0.3, -0.25) is 4.79 Å². The fourth-order valence-electron chi connectivity index (χ4n) is 2.77. The molecular weight excluding hydrogens is 342 g/mol. The van der Waals surface area contributed by atoms with E-state index in [1.54, 1.807) is 12.1 Å². The van der Waals surface area contributed by atoms with Gasteiger partial charge in [0.1, 0.15) is 24.4 Å². The molecule has 1 amide bonds. The molecule has 2 rings (SSSR count). The number of rotatable bonds is 6. The lowest BCUT2D eigenvalue weighted by atomic mass is 9.97. The average molecular weight is 367 g/mol. The normalized spacial score (nSPS) is 28.8. The van der Waals surface area contributed by atoms with E-state index in [4.69, 9.17) is 14.2 Å². The van der Waals surface area contributed by atoms with E-state index in [-0.39, 0.29) is 0 Å². The van der Waals surface area contributed by atoms with Gasteiger partial charge in [0.05, 0.1) is 13.7 Å². The molecule has 26 heavy (non-hydrogen) atoms. The number of benzene rings is 1. The van der Waals surface area contributed by atoms with Crippen LogP contribution in [0.15, 0.2) is 24.3 Å². The van der Waals surface area contributed by atoms with Crippen molar-refractivity contribution in [1.29, 1.82) is 0 Å². The van der Waals surface area contributed by atoms with Crippen molar-refractivity contribution in [2.75, 3.05) is 13.7 Å². The molecule has 8 nitrogen and oxygen atoms in total. The Kier molecular flexibility index (Phi) is 6.98. The first kappa shape index (κ1) is 20.2. The Labute approximate surface area is 152 Å². The van der Waals surface area contributed by atoms with E-state index >= 15 is 0 Å². The minimum atomic E-state index is -1.37. The molecule has 0 aliphatic carbocycles. The van der Waals surface area contributed by atoms with Crippen LogP contribution >= 0.6 is 0 Å². The minimum Gasteiger partial charge on any atom is -0.493 e. The quantitative estimate of drug-likeness (QED) is 0.561. The summed E-state index contributed by atoms with van der Waals surface area (Å²) in [7, 11) is 1.49. The highest BCUT2D eigenvalue weighted by Crippen LogP contribution is 2.32. The zero-order chi connectivity index (χ0) is 19.3. The number of aliphatic hydroxyl groups excluding tert-OH is 3. The van der Waals surface area contributed by atoms with Gasteiger partial charge in [0.15, 0.2) is 11.5 Å². The van der Waals surface area contributed by atoms with E-state index in [0.29, 0.717) is 11.5 Å². The van der Waals surface area contributed by atoms with Gasteiger partial charge in [-0.15, -0.1) is 0 Å². The summed E-state index contributed by atoms with van der Waals surface area (Å²) in [5.74, 6) is 0.351. The van der Waals surface area contributed by atoms with E-state index in [1.807, 2.05) is 25.1 Å². The highest BCUT2D eigenvalue weighted by molar-refractivity contribution is 5.73. The van der Waals surface area contributed by atoms with Gasteiger partial charge in [-0.2, -0.15) is 0 Å². The van der Waals surface area contributed by atoms with Crippen molar-refractivity contribution in [2.45, 2.75) is 44.5 Å². The number of aliphatic hydroxyl groups is 3. The zero-order valence-corrected chi connectivity index (χ0v) is 15.0. The van der Waals surface area contributed by atoms with Gasteiger partial charge in [0.2, 0.25) is 12.2 Å². The van der Waals surface area contributed by atoms with Crippen LogP contribution in [0.25, 0.3) is 6.08 Å². The summed E-state index contributed by atoms with van der Waals surface area (Å²) in [6, 6.07) is 4.22. The highest BCUT2D eigenvalue weighted by Gasteiger charge is 2.46. The van der Waals surface area contributed by atoms with Crippen molar-refractivity contribution in [2.24, 2.45) is 0 Å². The second-order valence-corrected chi connectivity index (χ2v) is 5.96. The molecule has 1 aromatic rings. The molecule has 0 unspecified atom stereocenters. The van der Waals surface area contributed by atoms with Crippen LogP contribution in [-0.4, -0.2) is 65.6 Å². The van der Waals surface area contributed by atoms with Crippen LogP contribution in [-0.2, 0) is 9.53 Å². The molecule has 1 heterocycles. The standard InChI is InChI=1S/C18H25NO7/c1-4-5-11-6-7-12(13(8-11)24-3)25-18-15(19-10(2)21)17(23)16(22)14(9-20)26-18/h4-8,14-18,20,22-23H,9H2,1-3H3,(H,19,21)/b5-4+/t14-,15-,16+,17+,18-/m1/s1. The van der Waals surface area contributed by atoms with Crippen LogP contribution < -0.4 is 14.8 Å². The molecule has 8 heteroatoms. The molecule has 4 N–H and O–H groups in total. The molecule has 1 aromatic carbocycles. The maximum absolute atomic E-state index is 11.5. The maximum atomic E-state index is 11.5. The number of amides is 1. The number of hydrogen-bond acceptors (Lipinski definition) is 7. The van der Waals surface area contributed by atoms with Crippen LogP contribution in [0.5, 0.6) is 11.5 Å². The van der Waals surface area contributed by atoms with Crippen LogP contribution in [0.1, 0.15) is 19.4 Å². The third kappa shape index (κ3) is 4.53. The number of nitrogens with one attached hydrogen (secondary N) is 1. The number of ether oxygens (including phenoxy) is 3. The molecule has 144 valence electrons. The molecule has 0 aromatic heterocycles. The first-order valence-electron chi connectivity index (χ1n) is 8.28. The third-order valence-electron chi connectivity index (χ3n) is 4.04. The van der Waals surface area contributed by atoms with Crippen molar-refractivity contribution in [1.82, 2.24) is 5.32 Å². The van der Waals surface area contributed by atoms with Crippen molar-refractivity contribution < 1.29 is 34.3 Å². The van der Waals surface area contributed by atoms with Gasteiger partial charge in [0, 0.05) is 6.92 Å². The second kappa shape index (κ2) is 9.00. The van der Waals surface area contributed by atoms with Gasteiger partial charge >= 0.3 is 0 Å². The summed E-state index contributed by atoms with van der Waals surface area (Å²) >= 11 is 0. The highest BCUT2D eigenvalue weighted by atomic mass is 16.7. The Morgan fingerprint density at radius 1 is 1.31 bits per heavy atom. The number of carbonyl (C=O) groups excluding carboxylic acids is 1. The minimum absolute atomic E-state index is 0.335. The first-order chi connectivity index (χ1) is 12.4. The van der Waals surface area contributed by atoms with Gasteiger partial charge in [-0.05, 0) is 24.6 Å². The van der Waals surface area contributed by atoms with Crippen LogP contribution in [0.3, 0.4) is 0 Å². The van der Waals surface area contributed by atoms with Gasteiger partial charge < -0.3 is 34.8 Å². The molecule has 0 saturated carbocycles. The lowest BCUT2D eigenvalue weighted by molar-refractivity contribution is -0.244. The Hall–Kier alpha value is -2.13. The lowest BCUT2D eigenvalue weighted by Gasteiger charge is -2.42. The van der Waals surface area contributed by atoms with E-state index in [0.717, 1.165) is 5.56 Å². The Morgan fingerprint density at radius 3 is 2.62 bits per heavy atom. The molecule has 1 fully saturated rings. The summed E-state index contributed by atoms with van der Waals surface area (Å²) in [5, 5.41) is 32.2. The van der Waals surface area contributed by atoms with Crippen molar-refractivity contribution in [3.63, 3.8) is 0 Å². The molecule has 0 bridgehead atoms. The fraction of sp³-hybridized carbons (Fsp3) is 0.500.